The zero-order chi connectivity index (χ0) is 18.0. The van der Waals surface area contributed by atoms with Crippen LogP contribution >= 0.6 is 46.6 Å². The third-order valence-electron chi connectivity index (χ3n) is 3.62. The van der Waals surface area contributed by atoms with Crippen LogP contribution in [0.25, 0.3) is 0 Å². The van der Waals surface area contributed by atoms with E-state index in [1.165, 1.54) is 23.9 Å². The molecule has 0 atom stereocenters. The van der Waals surface area contributed by atoms with Crippen molar-refractivity contribution in [1.82, 2.24) is 14.8 Å². The highest BCUT2D eigenvalue weighted by atomic mass is 35.5. The number of anilines is 1. The Morgan fingerprint density at radius 3 is 2.68 bits per heavy atom. The predicted molar refractivity (Wildman–Crippen MR) is 103 cm³/mol. The average Bonchev–Trinajstić information content (AvgIpc) is 3.33. The molecule has 0 unspecified atom stereocenters. The first-order valence-corrected chi connectivity index (χ1v) is 9.72. The van der Waals surface area contributed by atoms with Gasteiger partial charge in [0.25, 0.3) is 0 Å². The fraction of sp³-hybridized carbons (Fsp3) is 0.312. The fourth-order valence-electron chi connectivity index (χ4n) is 2.29. The zero-order valence-electron chi connectivity index (χ0n) is 13.1. The molecule has 0 spiro atoms. The van der Waals surface area contributed by atoms with Gasteiger partial charge in [-0.05, 0) is 25.0 Å². The molecule has 1 heterocycles. The van der Waals surface area contributed by atoms with Gasteiger partial charge in [0.15, 0.2) is 5.16 Å². The number of nitrogens with one attached hydrogen (secondary N) is 1. The average molecular weight is 418 g/mol. The lowest BCUT2D eigenvalue weighted by molar-refractivity contribution is -0.113. The normalized spacial score (nSPS) is 13.7. The van der Waals surface area contributed by atoms with Gasteiger partial charge in [-0.25, -0.2) is 0 Å². The van der Waals surface area contributed by atoms with Gasteiger partial charge in [-0.3, -0.25) is 4.79 Å². The Labute approximate surface area is 164 Å². The maximum absolute atomic E-state index is 12.2. The second kappa shape index (κ2) is 7.99. The molecule has 9 heteroatoms. The minimum absolute atomic E-state index is 0.177. The molecule has 132 valence electrons. The summed E-state index contributed by atoms with van der Waals surface area (Å²) < 4.78 is 2.01. The molecule has 1 aliphatic carbocycles. The van der Waals surface area contributed by atoms with Gasteiger partial charge in [-0.2, -0.15) is 0 Å². The molecule has 3 rings (SSSR count). The van der Waals surface area contributed by atoms with Crippen molar-refractivity contribution in [3.63, 3.8) is 0 Å². The van der Waals surface area contributed by atoms with E-state index in [1.807, 2.05) is 4.57 Å². The second-order valence-electron chi connectivity index (χ2n) is 5.60. The molecule has 1 aromatic carbocycles. The fourth-order valence-corrected chi connectivity index (χ4v) is 3.63. The highest BCUT2D eigenvalue weighted by Gasteiger charge is 2.30. The summed E-state index contributed by atoms with van der Waals surface area (Å²) in [6, 6.07) is 3.02. The van der Waals surface area contributed by atoms with Gasteiger partial charge >= 0.3 is 0 Å². The van der Waals surface area contributed by atoms with E-state index in [0.29, 0.717) is 38.4 Å². The maximum Gasteiger partial charge on any atom is 0.234 e. The van der Waals surface area contributed by atoms with Gasteiger partial charge in [-0.15, -0.1) is 16.8 Å². The van der Waals surface area contributed by atoms with Crippen LogP contribution in [0.3, 0.4) is 0 Å². The molecule has 2 aromatic rings. The molecule has 1 N–H and O–H groups in total. The minimum atomic E-state index is -0.216. The molecule has 0 bridgehead atoms. The standard InChI is InChI=1S/C16H15Cl3N4OS/c1-2-5-23-15(9-3-4-9)21-22-16(23)25-8-14(24)20-13-7-11(18)10(17)6-12(13)19/h2,6-7,9H,1,3-5,8H2,(H,20,24). The van der Waals surface area contributed by atoms with E-state index in [1.54, 1.807) is 6.08 Å². The van der Waals surface area contributed by atoms with Crippen molar-refractivity contribution in [1.29, 1.82) is 0 Å². The van der Waals surface area contributed by atoms with Crippen molar-refractivity contribution in [3.8, 4) is 0 Å². The summed E-state index contributed by atoms with van der Waals surface area (Å²) >= 11 is 19.2. The monoisotopic (exact) mass is 416 g/mol. The third-order valence-corrected chi connectivity index (χ3v) is 5.62. The van der Waals surface area contributed by atoms with Gasteiger partial charge in [0.1, 0.15) is 5.82 Å². The summed E-state index contributed by atoms with van der Waals surface area (Å²) in [6.07, 6.45) is 4.07. The first-order valence-electron chi connectivity index (χ1n) is 7.60. The molecule has 0 radical (unpaired) electrons. The number of benzene rings is 1. The lowest BCUT2D eigenvalue weighted by Crippen LogP contribution is -2.15. The van der Waals surface area contributed by atoms with Crippen LogP contribution in [0.2, 0.25) is 15.1 Å². The Morgan fingerprint density at radius 1 is 1.28 bits per heavy atom. The molecule has 0 saturated heterocycles. The van der Waals surface area contributed by atoms with Gasteiger partial charge in [0, 0.05) is 12.5 Å². The first-order chi connectivity index (χ1) is 12.0. The summed E-state index contributed by atoms with van der Waals surface area (Å²) in [7, 11) is 0. The summed E-state index contributed by atoms with van der Waals surface area (Å²) in [5, 5.41) is 12.9. The van der Waals surface area contributed by atoms with Crippen LogP contribution in [0.4, 0.5) is 5.69 Å². The van der Waals surface area contributed by atoms with E-state index < -0.39 is 0 Å². The Morgan fingerprint density at radius 2 is 2.00 bits per heavy atom. The third kappa shape index (κ3) is 4.50. The number of rotatable bonds is 7. The molecular weight excluding hydrogens is 403 g/mol. The van der Waals surface area contributed by atoms with Crippen molar-refractivity contribution in [2.24, 2.45) is 0 Å². The number of allylic oxidation sites excluding steroid dienone is 1. The number of hydrogen-bond donors (Lipinski definition) is 1. The van der Waals surface area contributed by atoms with Crippen molar-refractivity contribution >= 4 is 58.2 Å². The molecule has 1 aliphatic rings. The summed E-state index contributed by atoms with van der Waals surface area (Å²) in [6.45, 7) is 4.40. The summed E-state index contributed by atoms with van der Waals surface area (Å²) in [5.74, 6) is 1.41. The number of carbonyl (C=O) groups excluding carboxylic acids is 1. The summed E-state index contributed by atoms with van der Waals surface area (Å²) in [5.41, 5.74) is 0.424. The van der Waals surface area contributed by atoms with Crippen molar-refractivity contribution in [2.75, 3.05) is 11.1 Å². The molecular formula is C16H15Cl3N4OS. The molecule has 1 fully saturated rings. The minimum Gasteiger partial charge on any atom is -0.324 e. The number of nitrogens with zero attached hydrogens (tertiary/aromatic N) is 3. The van der Waals surface area contributed by atoms with E-state index in [-0.39, 0.29) is 11.7 Å². The molecule has 1 aromatic heterocycles. The first kappa shape index (κ1) is 18.6. The summed E-state index contributed by atoms with van der Waals surface area (Å²) in [4.78, 5) is 12.2. The van der Waals surface area contributed by atoms with E-state index in [0.717, 1.165) is 18.7 Å². The number of halogens is 3. The molecule has 25 heavy (non-hydrogen) atoms. The lowest BCUT2D eigenvalue weighted by atomic mass is 10.3. The van der Waals surface area contributed by atoms with Crippen LogP contribution in [0.1, 0.15) is 24.6 Å². The number of amides is 1. The topological polar surface area (TPSA) is 59.8 Å². The van der Waals surface area contributed by atoms with Gasteiger partial charge < -0.3 is 9.88 Å². The Bertz CT molecular complexity index is 820. The number of hydrogen-bond acceptors (Lipinski definition) is 4. The quantitative estimate of drug-likeness (QED) is 0.390. The molecule has 0 aliphatic heterocycles. The van der Waals surface area contributed by atoms with E-state index >= 15 is 0 Å². The van der Waals surface area contributed by atoms with Gasteiger partial charge in [-0.1, -0.05) is 52.6 Å². The van der Waals surface area contributed by atoms with Crippen molar-refractivity contribution in [3.05, 3.63) is 45.7 Å². The van der Waals surface area contributed by atoms with E-state index in [9.17, 15) is 4.79 Å². The van der Waals surface area contributed by atoms with Gasteiger partial charge in [0.05, 0.1) is 26.5 Å². The van der Waals surface area contributed by atoms with Crippen LogP contribution in [0.15, 0.2) is 29.9 Å². The number of thioether (sulfide) groups is 1. The van der Waals surface area contributed by atoms with E-state index in [4.69, 9.17) is 34.8 Å². The highest BCUT2D eigenvalue weighted by molar-refractivity contribution is 7.99. The predicted octanol–water partition coefficient (Wildman–Crippen LogP) is 5.03. The van der Waals surface area contributed by atoms with Crippen LogP contribution in [0, 0.1) is 0 Å². The Hall–Kier alpha value is -1.21. The second-order valence-corrected chi connectivity index (χ2v) is 7.76. The van der Waals surface area contributed by atoms with Gasteiger partial charge in [0.2, 0.25) is 5.91 Å². The number of carbonyl (C=O) groups is 1. The van der Waals surface area contributed by atoms with Crippen molar-refractivity contribution < 1.29 is 4.79 Å². The number of aromatic nitrogens is 3. The lowest BCUT2D eigenvalue weighted by Gasteiger charge is -2.09. The van der Waals surface area contributed by atoms with Crippen LogP contribution in [-0.4, -0.2) is 26.4 Å². The van der Waals surface area contributed by atoms with Crippen LogP contribution in [-0.2, 0) is 11.3 Å². The smallest absolute Gasteiger partial charge is 0.234 e. The highest BCUT2D eigenvalue weighted by Crippen LogP contribution is 2.40. The molecule has 1 saturated carbocycles. The maximum atomic E-state index is 12.2. The molecule has 5 nitrogen and oxygen atoms in total. The Kier molecular flexibility index (Phi) is 5.94. The largest absolute Gasteiger partial charge is 0.324 e. The van der Waals surface area contributed by atoms with Crippen LogP contribution < -0.4 is 5.32 Å². The van der Waals surface area contributed by atoms with Crippen molar-refractivity contribution in [2.45, 2.75) is 30.5 Å². The van der Waals surface area contributed by atoms with Crippen LogP contribution in [0.5, 0.6) is 0 Å². The molecule has 1 amide bonds. The zero-order valence-corrected chi connectivity index (χ0v) is 16.2. The SMILES string of the molecule is C=CCn1c(SCC(=O)Nc2cc(Cl)c(Cl)cc2Cl)nnc1C1CC1. The Balaban J connectivity index is 1.65. The van der Waals surface area contributed by atoms with E-state index in [2.05, 4.69) is 22.1 Å².